The van der Waals surface area contributed by atoms with Crippen LogP contribution in [0.3, 0.4) is 0 Å². The normalized spacial score (nSPS) is 17.7. The molecule has 0 radical (unpaired) electrons. The molecule has 40 heavy (non-hydrogen) atoms. The third-order valence-electron chi connectivity index (χ3n) is 7.05. The lowest BCUT2D eigenvalue weighted by atomic mass is 9.85. The van der Waals surface area contributed by atoms with Crippen LogP contribution in [0.25, 0.3) is 5.65 Å². The highest BCUT2D eigenvalue weighted by Gasteiger charge is 2.47. The highest BCUT2D eigenvalue weighted by Crippen LogP contribution is 2.42. The van der Waals surface area contributed by atoms with Crippen LogP contribution < -0.4 is 10.6 Å². The molecular formula is C24H29F5N8O3. The van der Waals surface area contributed by atoms with Crippen molar-refractivity contribution in [1.29, 1.82) is 0 Å². The summed E-state index contributed by atoms with van der Waals surface area (Å²) in [5, 5.41) is 16.6. The monoisotopic (exact) mass is 572 g/mol. The average molecular weight is 573 g/mol. The van der Waals surface area contributed by atoms with Gasteiger partial charge in [-0.15, -0.1) is 0 Å². The van der Waals surface area contributed by atoms with Gasteiger partial charge in [-0.1, -0.05) is 19.0 Å². The molecule has 4 heterocycles. The van der Waals surface area contributed by atoms with Crippen LogP contribution in [0.4, 0.5) is 26.7 Å². The van der Waals surface area contributed by atoms with Gasteiger partial charge in [-0.05, 0) is 43.0 Å². The zero-order chi connectivity index (χ0) is 29.2. The Morgan fingerprint density at radius 2 is 2.02 bits per heavy atom. The second-order valence-electron chi connectivity index (χ2n) is 10.5. The van der Waals surface area contributed by atoms with Gasteiger partial charge in [0.1, 0.15) is 5.69 Å². The Morgan fingerprint density at radius 3 is 2.67 bits per heavy atom. The number of amides is 3. The van der Waals surface area contributed by atoms with Crippen molar-refractivity contribution in [3.8, 4) is 0 Å². The van der Waals surface area contributed by atoms with Crippen LogP contribution in [0, 0.1) is 18.3 Å². The molecule has 3 aromatic rings. The average Bonchev–Trinajstić information content (AvgIpc) is 3.45. The number of aromatic nitrogens is 5. The smallest absolute Gasteiger partial charge is 0.342 e. The molecule has 2 atom stereocenters. The number of carbonyl (C=O) groups is 2. The lowest BCUT2D eigenvalue weighted by molar-refractivity contribution is -0.214. The minimum Gasteiger partial charge on any atom is -0.342 e. The van der Waals surface area contributed by atoms with E-state index in [0.29, 0.717) is 11.2 Å². The molecule has 3 aromatic heterocycles. The van der Waals surface area contributed by atoms with Crippen LogP contribution in [0.5, 0.6) is 0 Å². The minimum atomic E-state index is -4.46. The Kier molecular flexibility index (Phi) is 8.25. The first kappa shape index (κ1) is 29.1. The number of imidazole rings is 1. The van der Waals surface area contributed by atoms with Crippen LogP contribution in [-0.4, -0.2) is 67.4 Å². The third kappa shape index (κ3) is 6.47. The number of rotatable bonds is 9. The maximum absolute atomic E-state index is 13.5. The van der Waals surface area contributed by atoms with Gasteiger partial charge in [0.15, 0.2) is 11.3 Å². The summed E-state index contributed by atoms with van der Waals surface area (Å²) in [7, 11) is 0. The van der Waals surface area contributed by atoms with Crippen LogP contribution in [0.1, 0.15) is 66.6 Å². The summed E-state index contributed by atoms with van der Waals surface area (Å²) in [6, 6.07) is 0.224. The third-order valence-corrected chi connectivity index (χ3v) is 7.05. The van der Waals surface area contributed by atoms with Crippen molar-refractivity contribution in [2.24, 2.45) is 11.3 Å². The molecule has 0 spiro atoms. The maximum Gasteiger partial charge on any atom is 0.393 e. The van der Waals surface area contributed by atoms with E-state index in [-0.39, 0.29) is 56.0 Å². The van der Waals surface area contributed by atoms with E-state index in [4.69, 9.17) is 0 Å². The number of alkyl halides is 5. The summed E-state index contributed by atoms with van der Waals surface area (Å²) >= 11 is 0. The predicted octanol–water partition coefficient (Wildman–Crippen LogP) is 4.06. The van der Waals surface area contributed by atoms with Gasteiger partial charge in [-0.2, -0.15) is 18.3 Å². The van der Waals surface area contributed by atoms with Crippen molar-refractivity contribution in [2.75, 3.05) is 13.1 Å². The summed E-state index contributed by atoms with van der Waals surface area (Å²) in [4.78, 5) is 31.1. The number of nitrogens with one attached hydrogen (secondary N) is 2. The van der Waals surface area contributed by atoms with Crippen molar-refractivity contribution in [2.45, 2.75) is 65.2 Å². The fraction of sp³-hybridized carbons (Fsp3) is 0.583. The zero-order valence-corrected chi connectivity index (χ0v) is 22.0. The van der Waals surface area contributed by atoms with E-state index in [2.05, 4.69) is 35.7 Å². The Bertz CT molecular complexity index is 1360. The Balaban J connectivity index is 1.56. The number of hydrogen-bond acceptors (Lipinski definition) is 7. The minimum absolute atomic E-state index is 0.0891. The fourth-order valence-corrected chi connectivity index (χ4v) is 4.24. The molecule has 0 aromatic carbocycles. The highest BCUT2D eigenvalue weighted by molar-refractivity contribution is 5.93. The summed E-state index contributed by atoms with van der Waals surface area (Å²) < 4.78 is 72.7. The van der Waals surface area contributed by atoms with E-state index in [9.17, 15) is 31.5 Å². The topological polar surface area (TPSA) is 131 Å². The summed E-state index contributed by atoms with van der Waals surface area (Å²) in [6.07, 6.45) is -4.31. The summed E-state index contributed by atoms with van der Waals surface area (Å²) in [6.45, 7) is 3.77. The number of urea groups is 1. The van der Waals surface area contributed by atoms with Crippen molar-refractivity contribution >= 4 is 17.6 Å². The molecule has 1 saturated heterocycles. The highest BCUT2D eigenvalue weighted by atomic mass is 19.4. The van der Waals surface area contributed by atoms with Gasteiger partial charge in [-0.3, -0.25) is 4.79 Å². The van der Waals surface area contributed by atoms with Gasteiger partial charge in [0.2, 0.25) is 6.43 Å². The first-order valence-corrected chi connectivity index (χ1v) is 12.6. The number of aryl methyl sites for hydroxylation is 1. The fourth-order valence-electron chi connectivity index (χ4n) is 4.24. The van der Waals surface area contributed by atoms with E-state index in [1.807, 2.05) is 0 Å². The first-order chi connectivity index (χ1) is 18.7. The van der Waals surface area contributed by atoms with E-state index in [1.165, 1.54) is 28.7 Å². The standard InChI is InChI=1S/C24H29F5N8O3/c1-13-19(35-40-34-13)21(38)33-16(4-6-23(2,3)24(27,28)29)17-12-37-18(32-17)8-14(9-31-37)11-36-7-5-15(20(25)26)10-30-22(36)39/h8-9,12,15-16,20H,4-7,10-11H2,1-3H3,(H,30,39)(H,33,38)/t15-,16-/m0/s1. The SMILES string of the molecule is Cc1nonc1C(=O)N[C@@H](CCC(C)(C)C(F)(F)F)c1cn2ncc(CN3CC[C@H](C(F)F)CNC3=O)cc2n1. The molecule has 0 aliphatic carbocycles. The van der Waals surface area contributed by atoms with Crippen molar-refractivity contribution in [3.05, 3.63) is 41.1 Å². The molecule has 1 aliphatic rings. The zero-order valence-electron chi connectivity index (χ0n) is 22.0. The Labute approximate surface area is 225 Å². The lowest BCUT2D eigenvalue weighted by Crippen LogP contribution is -2.38. The molecule has 0 unspecified atom stereocenters. The van der Waals surface area contributed by atoms with Crippen LogP contribution in [0.2, 0.25) is 0 Å². The van der Waals surface area contributed by atoms with Crippen LogP contribution in [0.15, 0.2) is 23.1 Å². The second kappa shape index (κ2) is 11.3. The molecular weight excluding hydrogens is 543 g/mol. The molecule has 1 fully saturated rings. The van der Waals surface area contributed by atoms with Gasteiger partial charge in [0.25, 0.3) is 5.91 Å². The first-order valence-electron chi connectivity index (χ1n) is 12.6. The number of nitrogens with zero attached hydrogens (tertiary/aromatic N) is 6. The van der Waals surface area contributed by atoms with Crippen molar-refractivity contribution in [3.63, 3.8) is 0 Å². The van der Waals surface area contributed by atoms with Crippen LogP contribution in [-0.2, 0) is 6.54 Å². The van der Waals surface area contributed by atoms with Gasteiger partial charge in [0, 0.05) is 25.6 Å². The van der Waals surface area contributed by atoms with Crippen LogP contribution >= 0.6 is 0 Å². The second-order valence-corrected chi connectivity index (χ2v) is 10.5. The maximum atomic E-state index is 13.5. The van der Waals surface area contributed by atoms with Gasteiger partial charge in [0.05, 0.1) is 29.5 Å². The van der Waals surface area contributed by atoms with Crippen molar-refractivity contribution < 1.29 is 36.2 Å². The number of halogens is 5. The molecule has 16 heteroatoms. The largest absolute Gasteiger partial charge is 0.393 e. The summed E-state index contributed by atoms with van der Waals surface area (Å²) in [5.74, 6) is -1.62. The number of hydrogen-bond donors (Lipinski definition) is 2. The van der Waals surface area contributed by atoms with E-state index in [1.54, 1.807) is 6.07 Å². The van der Waals surface area contributed by atoms with E-state index in [0.717, 1.165) is 13.8 Å². The molecule has 3 amide bonds. The lowest BCUT2D eigenvalue weighted by Gasteiger charge is -2.29. The molecule has 2 N–H and O–H groups in total. The molecule has 11 nitrogen and oxygen atoms in total. The molecule has 1 aliphatic heterocycles. The number of fused-ring (bicyclic) bond motifs is 1. The summed E-state index contributed by atoms with van der Waals surface area (Å²) in [5.41, 5.74) is -0.764. The molecule has 0 saturated carbocycles. The Morgan fingerprint density at radius 1 is 1.27 bits per heavy atom. The quantitative estimate of drug-likeness (QED) is 0.370. The van der Waals surface area contributed by atoms with Gasteiger partial charge < -0.3 is 15.5 Å². The van der Waals surface area contributed by atoms with Crippen molar-refractivity contribution in [1.82, 2.24) is 40.4 Å². The van der Waals surface area contributed by atoms with Gasteiger partial charge >= 0.3 is 12.2 Å². The van der Waals surface area contributed by atoms with Gasteiger partial charge in [-0.25, -0.2) is 27.7 Å². The molecule has 0 bridgehead atoms. The number of carbonyl (C=O) groups excluding carboxylic acids is 2. The van der Waals surface area contributed by atoms with E-state index >= 15 is 0 Å². The molecule has 218 valence electrons. The predicted molar refractivity (Wildman–Crippen MR) is 129 cm³/mol. The van der Waals surface area contributed by atoms with E-state index < -0.39 is 41.9 Å². The molecule has 4 rings (SSSR count). The Hall–Kier alpha value is -3.85.